The van der Waals surface area contributed by atoms with Gasteiger partial charge in [-0.1, -0.05) is 0 Å². The van der Waals surface area contributed by atoms with Crippen LogP contribution in [-0.4, -0.2) is 61.5 Å². The van der Waals surface area contributed by atoms with Crippen LogP contribution >= 0.6 is 11.8 Å². The fraction of sp³-hybridized carbons (Fsp3) is 0.933. The maximum absolute atomic E-state index is 9.72. The summed E-state index contributed by atoms with van der Waals surface area (Å²) in [6.07, 6.45) is 4.42. The summed E-state index contributed by atoms with van der Waals surface area (Å²) >= 11 is 2.05. The van der Waals surface area contributed by atoms with Crippen molar-refractivity contribution in [1.82, 2.24) is 10.6 Å². The van der Waals surface area contributed by atoms with Crippen LogP contribution in [0.1, 0.15) is 32.6 Å². The van der Waals surface area contributed by atoms with Gasteiger partial charge in [0.25, 0.3) is 0 Å². The fourth-order valence-corrected chi connectivity index (χ4v) is 3.98. The van der Waals surface area contributed by atoms with Gasteiger partial charge in [0.15, 0.2) is 5.96 Å². The second-order valence-corrected chi connectivity index (χ2v) is 7.39. The highest BCUT2D eigenvalue weighted by atomic mass is 32.2. The number of nitrogens with one attached hydrogen (secondary N) is 2. The average molecular weight is 315 g/mol. The van der Waals surface area contributed by atoms with Gasteiger partial charge in [-0.25, -0.2) is 0 Å². The Labute approximate surface area is 132 Å². The third-order valence-electron chi connectivity index (χ3n) is 4.33. The van der Waals surface area contributed by atoms with Gasteiger partial charge in [0, 0.05) is 37.0 Å². The van der Waals surface area contributed by atoms with E-state index >= 15 is 0 Å². The van der Waals surface area contributed by atoms with Crippen molar-refractivity contribution in [2.45, 2.75) is 37.9 Å². The van der Waals surface area contributed by atoms with Crippen LogP contribution in [-0.2, 0) is 4.74 Å². The van der Waals surface area contributed by atoms with E-state index < -0.39 is 0 Å². The van der Waals surface area contributed by atoms with Gasteiger partial charge in [-0.3, -0.25) is 4.99 Å². The summed E-state index contributed by atoms with van der Waals surface area (Å²) in [6, 6.07) is 0. The first-order chi connectivity index (χ1) is 10.3. The first-order valence-corrected chi connectivity index (χ1v) is 9.15. The molecule has 0 aliphatic carbocycles. The molecule has 2 aliphatic heterocycles. The minimum absolute atomic E-state index is 0.0945. The summed E-state index contributed by atoms with van der Waals surface area (Å²) in [4.78, 5) is 4.71. The van der Waals surface area contributed by atoms with Gasteiger partial charge in [-0.2, -0.15) is 11.8 Å². The van der Waals surface area contributed by atoms with Crippen molar-refractivity contribution in [3.05, 3.63) is 0 Å². The molecule has 2 fully saturated rings. The van der Waals surface area contributed by atoms with Crippen LogP contribution in [0.15, 0.2) is 4.99 Å². The van der Waals surface area contributed by atoms with Crippen molar-refractivity contribution < 1.29 is 9.84 Å². The molecule has 0 spiro atoms. The highest BCUT2D eigenvalue weighted by Gasteiger charge is 2.31. The minimum atomic E-state index is -0.0945. The van der Waals surface area contributed by atoms with Gasteiger partial charge in [-0.15, -0.1) is 0 Å². The second kappa shape index (κ2) is 8.86. The molecule has 2 saturated heterocycles. The van der Waals surface area contributed by atoms with Crippen LogP contribution in [0.2, 0.25) is 0 Å². The number of nitrogens with zero attached hydrogens (tertiary/aromatic N) is 1. The highest BCUT2D eigenvalue weighted by molar-refractivity contribution is 8.00. The number of aliphatic imine (C=N–C) groups is 1. The Morgan fingerprint density at radius 3 is 2.81 bits per heavy atom. The molecule has 6 heteroatoms. The van der Waals surface area contributed by atoms with Crippen LogP contribution in [0.25, 0.3) is 0 Å². The number of hydrogen-bond donors (Lipinski definition) is 3. The van der Waals surface area contributed by atoms with E-state index in [1.807, 2.05) is 0 Å². The quantitative estimate of drug-likeness (QED) is 0.508. The maximum atomic E-state index is 9.72. The van der Waals surface area contributed by atoms with Gasteiger partial charge in [0.2, 0.25) is 0 Å². The number of hydrogen-bond acceptors (Lipinski definition) is 4. The zero-order valence-corrected chi connectivity index (χ0v) is 13.9. The molecule has 122 valence electrons. The molecule has 0 bridgehead atoms. The lowest BCUT2D eigenvalue weighted by atomic mass is 9.81. The lowest BCUT2D eigenvalue weighted by Gasteiger charge is -2.34. The molecule has 3 N–H and O–H groups in total. The van der Waals surface area contributed by atoms with Gasteiger partial charge >= 0.3 is 0 Å². The van der Waals surface area contributed by atoms with Crippen LogP contribution in [0.3, 0.4) is 0 Å². The highest BCUT2D eigenvalue weighted by Crippen LogP contribution is 2.30. The molecule has 0 aromatic carbocycles. The van der Waals surface area contributed by atoms with Gasteiger partial charge in [-0.05, 0) is 38.4 Å². The first-order valence-electron chi connectivity index (χ1n) is 8.10. The Morgan fingerprint density at radius 2 is 2.19 bits per heavy atom. The van der Waals surface area contributed by atoms with Crippen LogP contribution in [0, 0.1) is 5.41 Å². The Balaban J connectivity index is 1.85. The third kappa shape index (κ3) is 5.34. The first kappa shape index (κ1) is 16.9. The Hall–Kier alpha value is -0.460. The summed E-state index contributed by atoms with van der Waals surface area (Å²) in [7, 11) is 0. The summed E-state index contributed by atoms with van der Waals surface area (Å²) in [5, 5.41) is 17.2. The summed E-state index contributed by atoms with van der Waals surface area (Å²) in [6.45, 7) is 6.25. The molecular weight excluding hydrogens is 286 g/mol. The molecular formula is C15H29N3O2S. The number of rotatable bonds is 6. The van der Waals surface area contributed by atoms with Crippen LogP contribution < -0.4 is 10.6 Å². The van der Waals surface area contributed by atoms with E-state index in [1.165, 1.54) is 18.6 Å². The molecule has 2 rings (SSSR count). The summed E-state index contributed by atoms with van der Waals surface area (Å²) in [5.41, 5.74) is -0.0945. The van der Waals surface area contributed by atoms with Crippen molar-refractivity contribution in [2.75, 3.05) is 45.2 Å². The molecule has 5 nitrogen and oxygen atoms in total. The molecule has 0 radical (unpaired) electrons. The van der Waals surface area contributed by atoms with E-state index in [0.29, 0.717) is 11.8 Å². The van der Waals surface area contributed by atoms with E-state index in [9.17, 15) is 5.11 Å². The molecule has 0 saturated carbocycles. The molecule has 1 unspecified atom stereocenters. The van der Waals surface area contributed by atoms with E-state index in [1.54, 1.807) is 0 Å². The topological polar surface area (TPSA) is 65.9 Å². The Kier molecular flexibility index (Phi) is 7.13. The van der Waals surface area contributed by atoms with Gasteiger partial charge < -0.3 is 20.5 Å². The molecule has 0 aromatic heterocycles. The number of aliphatic hydroxyl groups is 1. The standard InChI is InChI=1S/C15H29N3O2S/c1-2-16-14(17-10-13-4-3-9-21-13)18-11-15(12-19)5-7-20-8-6-15/h13,19H,2-12H2,1H3,(H2,16,17,18). The van der Waals surface area contributed by atoms with Crippen LogP contribution in [0.5, 0.6) is 0 Å². The van der Waals surface area contributed by atoms with Crippen molar-refractivity contribution >= 4 is 17.7 Å². The zero-order valence-electron chi connectivity index (χ0n) is 13.1. The second-order valence-electron chi connectivity index (χ2n) is 5.98. The predicted molar refractivity (Wildman–Crippen MR) is 89.0 cm³/mol. The lowest BCUT2D eigenvalue weighted by molar-refractivity contribution is -0.0106. The molecule has 1 atom stereocenters. The van der Waals surface area contributed by atoms with Crippen molar-refractivity contribution in [1.29, 1.82) is 0 Å². The zero-order chi connectivity index (χ0) is 15.0. The number of ether oxygens (including phenoxy) is 1. The Bertz CT molecular complexity index is 327. The summed E-state index contributed by atoms with van der Waals surface area (Å²) < 4.78 is 5.40. The van der Waals surface area contributed by atoms with Crippen molar-refractivity contribution in [3.63, 3.8) is 0 Å². The smallest absolute Gasteiger partial charge is 0.191 e. The molecule has 21 heavy (non-hydrogen) atoms. The average Bonchev–Trinajstić information content (AvgIpc) is 3.04. The lowest BCUT2D eigenvalue weighted by Crippen LogP contribution is -2.42. The van der Waals surface area contributed by atoms with E-state index in [0.717, 1.165) is 45.1 Å². The monoisotopic (exact) mass is 315 g/mol. The predicted octanol–water partition coefficient (Wildman–Crippen LogP) is 1.23. The molecule has 0 aromatic rings. The maximum Gasteiger partial charge on any atom is 0.191 e. The minimum Gasteiger partial charge on any atom is -0.396 e. The summed E-state index contributed by atoms with van der Waals surface area (Å²) in [5.74, 6) is 2.16. The van der Waals surface area contributed by atoms with Crippen molar-refractivity contribution in [2.24, 2.45) is 10.4 Å². The van der Waals surface area contributed by atoms with E-state index in [4.69, 9.17) is 9.73 Å². The Morgan fingerprint density at radius 1 is 1.38 bits per heavy atom. The van der Waals surface area contributed by atoms with E-state index in [2.05, 4.69) is 29.3 Å². The van der Waals surface area contributed by atoms with Crippen LogP contribution in [0.4, 0.5) is 0 Å². The van der Waals surface area contributed by atoms with Crippen molar-refractivity contribution in [3.8, 4) is 0 Å². The van der Waals surface area contributed by atoms with E-state index in [-0.39, 0.29) is 12.0 Å². The van der Waals surface area contributed by atoms with Gasteiger partial charge in [0.1, 0.15) is 0 Å². The molecule has 2 aliphatic rings. The molecule has 2 heterocycles. The number of thioether (sulfide) groups is 1. The number of aliphatic hydroxyl groups excluding tert-OH is 1. The molecule has 0 amide bonds. The fourth-order valence-electron chi connectivity index (χ4n) is 2.77. The normalized spacial score (nSPS) is 25.8. The SMILES string of the molecule is CCNC(=NCC1(CO)CCOCC1)NCC1CCCS1. The third-order valence-corrected chi connectivity index (χ3v) is 5.72. The van der Waals surface area contributed by atoms with Gasteiger partial charge in [0.05, 0.1) is 13.2 Å². The largest absolute Gasteiger partial charge is 0.396 e. The number of guanidine groups is 1.